The van der Waals surface area contributed by atoms with Crippen LogP contribution in [-0.4, -0.2) is 72.3 Å². The number of benzene rings is 1. The van der Waals surface area contributed by atoms with E-state index in [0.29, 0.717) is 18.7 Å². The van der Waals surface area contributed by atoms with Gasteiger partial charge in [-0.25, -0.2) is 8.42 Å². The maximum absolute atomic E-state index is 12.9. The van der Waals surface area contributed by atoms with Gasteiger partial charge >= 0.3 is 0 Å². The zero-order valence-corrected chi connectivity index (χ0v) is 15.9. The first kappa shape index (κ1) is 18.1. The molecular formula is C20H23N3O3S. The van der Waals surface area contributed by atoms with Gasteiger partial charge in [-0.05, 0) is 24.1 Å². The predicted octanol–water partition coefficient (Wildman–Crippen LogP) is 1.25. The Morgan fingerprint density at radius 1 is 1.04 bits per heavy atom. The molecule has 142 valence electrons. The Morgan fingerprint density at radius 2 is 1.81 bits per heavy atom. The fraction of sp³-hybridized carbons (Fsp3) is 0.400. The van der Waals surface area contributed by atoms with Gasteiger partial charge in [-0.2, -0.15) is 0 Å². The molecule has 0 spiro atoms. The summed E-state index contributed by atoms with van der Waals surface area (Å²) in [5.74, 6) is 0.0484. The molecule has 0 aliphatic carbocycles. The van der Waals surface area contributed by atoms with Crippen molar-refractivity contribution in [1.82, 2.24) is 14.8 Å². The van der Waals surface area contributed by atoms with Gasteiger partial charge in [-0.15, -0.1) is 0 Å². The van der Waals surface area contributed by atoms with Crippen LogP contribution < -0.4 is 0 Å². The van der Waals surface area contributed by atoms with Crippen LogP contribution in [0.2, 0.25) is 0 Å². The highest BCUT2D eigenvalue weighted by atomic mass is 32.2. The van der Waals surface area contributed by atoms with E-state index in [9.17, 15) is 13.2 Å². The second-order valence-corrected chi connectivity index (χ2v) is 9.38. The van der Waals surface area contributed by atoms with Gasteiger partial charge in [0, 0.05) is 38.1 Å². The van der Waals surface area contributed by atoms with Crippen LogP contribution in [0.1, 0.15) is 15.9 Å². The summed E-state index contributed by atoms with van der Waals surface area (Å²) in [5.41, 5.74) is 1.75. The number of aromatic nitrogens is 1. The highest BCUT2D eigenvalue weighted by molar-refractivity contribution is 7.91. The molecule has 0 unspecified atom stereocenters. The number of amides is 1. The molecule has 0 radical (unpaired) electrons. The molecule has 2 atom stereocenters. The van der Waals surface area contributed by atoms with Crippen molar-refractivity contribution in [1.29, 1.82) is 0 Å². The van der Waals surface area contributed by atoms with E-state index in [1.54, 1.807) is 29.4 Å². The molecule has 3 heterocycles. The Balaban J connectivity index is 1.52. The van der Waals surface area contributed by atoms with Crippen LogP contribution in [0, 0.1) is 0 Å². The van der Waals surface area contributed by atoms with Gasteiger partial charge in [0.25, 0.3) is 5.91 Å². The Hall–Kier alpha value is -2.25. The number of piperazine rings is 1. The SMILES string of the molecule is O=C(c1cccnc1)N1CCN(CCc2ccccc2)[C@@H]2CS(=O)(=O)C[C@@H]21. The quantitative estimate of drug-likeness (QED) is 0.792. The monoisotopic (exact) mass is 385 g/mol. The highest BCUT2D eigenvalue weighted by Gasteiger charge is 2.47. The Morgan fingerprint density at radius 3 is 2.56 bits per heavy atom. The first-order valence-corrected chi connectivity index (χ1v) is 11.0. The highest BCUT2D eigenvalue weighted by Crippen LogP contribution is 2.28. The minimum atomic E-state index is -3.14. The molecule has 6 nitrogen and oxygen atoms in total. The van der Waals surface area contributed by atoms with Crippen LogP contribution in [0.25, 0.3) is 0 Å². The number of rotatable bonds is 4. The van der Waals surface area contributed by atoms with Crippen molar-refractivity contribution in [3.8, 4) is 0 Å². The second kappa shape index (κ2) is 7.40. The van der Waals surface area contributed by atoms with E-state index in [2.05, 4.69) is 22.0 Å². The average molecular weight is 385 g/mol. The molecule has 0 N–H and O–H groups in total. The van der Waals surface area contributed by atoms with Gasteiger partial charge in [-0.3, -0.25) is 14.7 Å². The van der Waals surface area contributed by atoms with Crippen molar-refractivity contribution in [2.75, 3.05) is 31.1 Å². The maximum Gasteiger partial charge on any atom is 0.255 e. The van der Waals surface area contributed by atoms with E-state index in [-0.39, 0.29) is 29.5 Å². The van der Waals surface area contributed by atoms with E-state index in [1.807, 2.05) is 18.2 Å². The predicted molar refractivity (Wildman–Crippen MR) is 103 cm³/mol. The molecule has 0 saturated carbocycles. The van der Waals surface area contributed by atoms with E-state index in [0.717, 1.165) is 13.0 Å². The molecule has 0 bridgehead atoms. The minimum Gasteiger partial charge on any atom is -0.332 e. The van der Waals surface area contributed by atoms with Gasteiger partial charge in [0.15, 0.2) is 9.84 Å². The normalized spacial score (nSPS) is 24.5. The number of nitrogens with zero attached hydrogens (tertiary/aromatic N) is 3. The average Bonchev–Trinajstić information content (AvgIpc) is 3.02. The lowest BCUT2D eigenvalue weighted by Gasteiger charge is -2.44. The third-order valence-corrected chi connectivity index (χ3v) is 7.19. The van der Waals surface area contributed by atoms with Gasteiger partial charge in [0.1, 0.15) is 0 Å². The topological polar surface area (TPSA) is 70.6 Å². The second-order valence-electron chi connectivity index (χ2n) is 7.22. The zero-order valence-electron chi connectivity index (χ0n) is 15.1. The first-order valence-electron chi connectivity index (χ1n) is 9.23. The smallest absolute Gasteiger partial charge is 0.255 e. The number of fused-ring (bicyclic) bond motifs is 1. The van der Waals surface area contributed by atoms with Crippen molar-refractivity contribution < 1.29 is 13.2 Å². The van der Waals surface area contributed by atoms with Gasteiger partial charge in [0.2, 0.25) is 0 Å². The van der Waals surface area contributed by atoms with Crippen LogP contribution >= 0.6 is 0 Å². The molecule has 1 amide bonds. The summed E-state index contributed by atoms with van der Waals surface area (Å²) in [6.45, 7) is 2.03. The number of pyridine rings is 1. The lowest BCUT2D eigenvalue weighted by Crippen LogP contribution is -2.60. The number of carbonyl (C=O) groups is 1. The third kappa shape index (κ3) is 3.89. The lowest BCUT2D eigenvalue weighted by molar-refractivity contribution is 0.0335. The molecule has 1 aromatic heterocycles. The number of hydrogen-bond acceptors (Lipinski definition) is 5. The van der Waals surface area contributed by atoms with Crippen molar-refractivity contribution in [2.24, 2.45) is 0 Å². The molecule has 2 aliphatic heterocycles. The maximum atomic E-state index is 12.9. The molecule has 2 fully saturated rings. The van der Waals surface area contributed by atoms with E-state index in [4.69, 9.17) is 0 Å². The summed E-state index contributed by atoms with van der Waals surface area (Å²) in [6.07, 6.45) is 4.05. The number of sulfone groups is 1. The summed E-state index contributed by atoms with van der Waals surface area (Å²) in [6, 6.07) is 13.2. The van der Waals surface area contributed by atoms with E-state index in [1.165, 1.54) is 5.56 Å². The van der Waals surface area contributed by atoms with Crippen molar-refractivity contribution in [2.45, 2.75) is 18.5 Å². The molecule has 7 heteroatoms. The summed E-state index contributed by atoms with van der Waals surface area (Å²) in [4.78, 5) is 20.9. The molecular weight excluding hydrogens is 362 g/mol. The van der Waals surface area contributed by atoms with Gasteiger partial charge < -0.3 is 4.90 Å². The first-order chi connectivity index (χ1) is 13.0. The largest absolute Gasteiger partial charge is 0.332 e. The fourth-order valence-electron chi connectivity index (χ4n) is 4.13. The summed E-state index contributed by atoms with van der Waals surface area (Å²) in [7, 11) is -3.14. The fourth-order valence-corrected chi connectivity index (χ4v) is 6.14. The van der Waals surface area contributed by atoms with Crippen LogP contribution in [0.3, 0.4) is 0 Å². The van der Waals surface area contributed by atoms with E-state index < -0.39 is 9.84 Å². The van der Waals surface area contributed by atoms with Crippen LogP contribution in [0.5, 0.6) is 0 Å². The van der Waals surface area contributed by atoms with Crippen LogP contribution in [-0.2, 0) is 16.3 Å². The number of carbonyl (C=O) groups excluding carboxylic acids is 1. The number of hydrogen-bond donors (Lipinski definition) is 0. The van der Waals surface area contributed by atoms with Crippen LogP contribution in [0.15, 0.2) is 54.9 Å². The van der Waals surface area contributed by atoms with Crippen molar-refractivity contribution in [3.05, 3.63) is 66.0 Å². The Labute approximate surface area is 159 Å². The summed E-state index contributed by atoms with van der Waals surface area (Å²) >= 11 is 0. The molecule has 2 aliphatic rings. The Kier molecular flexibility index (Phi) is 4.97. The van der Waals surface area contributed by atoms with E-state index >= 15 is 0 Å². The summed E-state index contributed by atoms with van der Waals surface area (Å²) < 4.78 is 24.7. The van der Waals surface area contributed by atoms with Crippen molar-refractivity contribution in [3.63, 3.8) is 0 Å². The molecule has 1 aromatic carbocycles. The Bertz CT molecular complexity index is 903. The molecule has 4 rings (SSSR count). The van der Waals surface area contributed by atoms with Crippen molar-refractivity contribution >= 4 is 15.7 Å². The van der Waals surface area contributed by atoms with Gasteiger partial charge in [0.05, 0.1) is 23.1 Å². The minimum absolute atomic E-state index is 0.0471. The molecule has 27 heavy (non-hydrogen) atoms. The molecule has 2 aromatic rings. The third-order valence-electron chi connectivity index (χ3n) is 5.49. The standard InChI is InChI=1S/C20H23N3O3S/c24-20(17-7-4-9-21-13-17)23-12-11-22(10-8-16-5-2-1-3-6-16)18-14-27(25,26)15-19(18)23/h1-7,9,13,18-19H,8,10-12,14-15H2/t18-,19+/m1/s1. The summed E-state index contributed by atoms with van der Waals surface area (Å²) in [5, 5.41) is 0. The zero-order chi connectivity index (χ0) is 18.9. The molecule has 2 saturated heterocycles. The lowest BCUT2D eigenvalue weighted by atomic mass is 10.0. The van der Waals surface area contributed by atoms with Gasteiger partial charge in [-0.1, -0.05) is 30.3 Å². The van der Waals surface area contributed by atoms with Crippen LogP contribution in [0.4, 0.5) is 0 Å².